The van der Waals surface area contributed by atoms with Gasteiger partial charge in [-0.15, -0.1) is 22.7 Å². The Morgan fingerprint density at radius 3 is 3.10 bits per heavy atom. The summed E-state index contributed by atoms with van der Waals surface area (Å²) in [6.45, 7) is 2.63. The summed E-state index contributed by atoms with van der Waals surface area (Å²) < 4.78 is 1.49. The quantitative estimate of drug-likeness (QED) is 0.781. The molecule has 3 aromatic heterocycles. The molecule has 0 bridgehead atoms. The van der Waals surface area contributed by atoms with Gasteiger partial charge in [0.15, 0.2) is 0 Å². The lowest BCUT2D eigenvalue weighted by Crippen LogP contribution is -2.27. The highest BCUT2D eigenvalue weighted by Crippen LogP contribution is 2.30. The number of thiazole rings is 1. The van der Waals surface area contributed by atoms with Gasteiger partial charge in [-0.2, -0.15) is 5.10 Å². The Labute approximate surface area is 129 Å². The van der Waals surface area contributed by atoms with Crippen molar-refractivity contribution in [2.45, 2.75) is 20.0 Å². The molecular formula is C13H13N5OS2. The summed E-state index contributed by atoms with van der Waals surface area (Å²) in [6, 6.07) is 4.06. The van der Waals surface area contributed by atoms with Crippen molar-refractivity contribution < 1.29 is 4.79 Å². The second-order valence-corrected chi connectivity index (χ2v) is 6.41. The number of nitrogens with zero attached hydrogens (tertiary/aromatic N) is 4. The van der Waals surface area contributed by atoms with Crippen molar-refractivity contribution in [1.29, 1.82) is 0 Å². The molecule has 3 aromatic rings. The van der Waals surface area contributed by atoms with Crippen molar-refractivity contribution in [2.75, 3.05) is 0 Å². The number of carbonyl (C=O) groups is 1. The lowest BCUT2D eigenvalue weighted by Gasteiger charge is -2.03. The minimum atomic E-state index is -0.0917. The Balaban J connectivity index is 1.61. The van der Waals surface area contributed by atoms with E-state index in [9.17, 15) is 4.79 Å². The first-order valence-corrected chi connectivity index (χ1v) is 8.01. The molecule has 0 aliphatic rings. The van der Waals surface area contributed by atoms with Crippen molar-refractivity contribution in [3.63, 3.8) is 0 Å². The van der Waals surface area contributed by atoms with E-state index in [-0.39, 0.29) is 12.5 Å². The molecule has 108 valence electrons. The van der Waals surface area contributed by atoms with Crippen molar-refractivity contribution in [1.82, 2.24) is 25.1 Å². The number of nitrogens with one attached hydrogen (secondary N) is 1. The first kappa shape index (κ1) is 13.9. The van der Waals surface area contributed by atoms with Crippen LogP contribution in [0.15, 0.2) is 30.2 Å². The Bertz CT molecular complexity index is 718. The van der Waals surface area contributed by atoms with Gasteiger partial charge in [0, 0.05) is 4.88 Å². The number of aromatic nitrogens is 4. The molecule has 8 heteroatoms. The Morgan fingerprint density at radius 1 is 1.48 bits per heavy atom. The molecule has 0 saturated heterocycles. The first-order chi connectivity index (χ1) is 10.2. The summed E-state index contributed by atoms with van der Waals surface area (Å²) >= 11 is 3.28. The van der Waals surface area contributed by atoms with Crippen LogP contribution >= 0.6 is 22.7 Å². The minimum absolute atomic E-state index is 0.0917. The highest BCUT2D eigenvalue weighted by molar-refractivity contribution is 7.21. The number of amides is 1. The number of rotatable bonds is 5. The zero-order valence-corrected chi connectivity index (χ0v) is 12.9. The van der Waals surface area contributed by atoms with Gasteiger partial charge >= 0.3 is 0 Å². The van der Waals surface area contributed by atoms with Crippen LogP contribution in [0.3, 0.4) is 0 Å². The van der Waals surface area contributed by atoms with Crippen LogP contribution in [0.1, 0.15) is 10.6 Å². The number of hydrogen-bond donors (Lipinski definition) is 1. The normalized spacial score (nSPS) is 10.7. The largest absolute Gasteiger partial charge is 0.350 e. The molecule has 0 unspecified atom stereocenters. The third kappa shape index (κ3) is 3.34. The maximum absolute atomic E-state index is 11.8. The van der Waals surface area contributed by atoms with Crippen LogP contribution in [-0.4, -0.2) is 25.7 Å². The number of aryl methyl sites for hydroxylation is 1. The summed E-state index contributed by atoms with van der Waals surface area (Å²) in [4.78, 5) is 22.4. The average Bonchev–Trinajstić information content (AvgIpc) is 3.17. The molecule has 0 aliphatic carbocycles. The second kappa shape index (κ2) is 6.15. The first-order valence-electron chi connectivity index (χ1n) is 6.31. The van der Waals surface area contributed by atoms with E-state index < -0.39 is 0 Å². The predicted octanol–water partition coefficient (Wildman–Crippen LogP) is 2.09. The van der Waals surface area contributed by atoms with Gasteiger partial charge in [-0.25, -0.2) is 14.6 Å². The second-order valence-electron chi connectivity index (χ2n) is 4.37. The highest BCUT2D eigenvalue weighted by Gasteiger charge is 2.11. The Morgan fingerprint density at radius 2 is 2.38 bits per heavy atom. The third-order valence-electron chi connectivity index (χ3n) is 2.84. The number of hydrogen-bond acceptors (Lipinski definition) is 6. The molecule has 3 rings (SSSR count). The Kier molecular flexibility index (Phi) is 4.07. The topological polar surface area (TPSA) is 72.7 Å². The molecule has 0 fully saturated rings. The van der Waals surface area contributed by atoms with Gasteiger partial charge in [0.05, 0.1) is 17.1 Å². The maximum Gasteiger partial charge on any atom is 0.242 e. The van der Waals surface area contributed by atoms with Gasteiger partial charge in [-0.3, -0.25) is 4.79 Å². The fraction of sp³-hybridized carbons (Fsp3) is 0.231. The summed E-state index contributed by atoms with van der Waals surface area (Å²) in [7, 11) is 0. The van der Waals surface area contributed by atoms with Crippen LogP contribution in [0.4, 0.5) is 0 Å². The van der Waals surface area contributed by atoms with E-state index in [1.165, 1.54) is 17.3 Å². The van der Waals surface area contributed by atoms with E-state index in [0.717, 1.165) is 20.5 Å². The molecular weight excluding hydrogens is 306 g/mol. The maximum atomic E-state index is 11.8. The molecule has 1 N–H and O–H groups in total. The smallest absolute Gasteiger partial charge is 0.242 e. The van der Waals surface area contributed by atoms with Gasteiger partial charge in [0.1, 0.15) is 24.2 Å². The van der Waals surface area contributed by atoms with Crippen LogP contribution in [0.25, 0.3) is 9.88 Å². The summed E-state index contributed by atoms with van der Waals surface area (Å²) in [6.07, 6.45) is 2.93. The van der Waals surface area contributed by atoms with E-state index in [1.807, 2.05) is 18.4 Å². The minimum Gasteiger partial charge on any atom is -0.350 e. The predicted molar refractivity (Wildman–Crippen MR) is 82.0 cm³/mol. The third-order valence-corrected chi connectivity index (χ3v) is 5.04. The zero-order chi connectivity index (χ0) is 14.7. The van der Waals surface area contributed by atoms with E-state index in [0.29, 0.717) is 6.54 Å². The van der Waals surface area contributed by atoms with E-state index in [1.54, 1.807) is 22.7 Å². The fourth-order valence-corrected chi connectivity index (χ4v) is 3.59. The molecule has 0 aliphatic heterocycles. The highest BCUT2D eigenvalue weighted by atomic mass is 32.1. The van der Waals surface area contributed by atoms with Gasteiger partial charge in [0.25, 0.3) is 0 Å². The SMILES string of the molecule is Cc1nc(-c2cccs2)sc1CNC(=O)Cn1cncn1. The van der Waals surface area contributed by atoms with E-state index in [4.69, 9.17) is 0 Å². The van der Waals surface area contributed by atoms with E-state index >= 15 is 0 Å². The van der Waals surface area contributed by atoms with Gasteiger partial charge in [-0.05, 0) is 18.4 Å². The number of carbonyl (C=O) groups excluding carboxylic acids is 1. The molecule has 0 saturated carbocycles. The summed E-state index contributed by atoms with van der Waals surface area (Å²) in [5, 5.41) is 9.82. The van der Waals surface area contributed by atoms with Crippen molar-refractivity contribution in [3.05, 3.63) is 40.7 Å². The van der Waals surface area contributed by atoms with Crippen LogP contribution < -0.4 is 5.32 Å². The van der Waals surface area contributed by atoms with Crippen molar-refractivity contribution >= 4 is 28.6 Å². The van der Waals surface area contributed by atoms with Gasteiger partial charge in [0.2, 0.25) is 5.91 Å². The molecule has 0 aromatic carbocycles. The molecule has 3 heterocycles. The molecule has 0 atom stereocenters. The zero-order valence-electron chi connectivity index (χ0n) is 11.3. The monoisotopic (exact) mass is 319 g/mol. The Hall–Kier alpha value is -2.06. The fourth-order valence-electron chi connectivity index (χ4n) is 1.79. The standard InChI is InChI=1S/C13H13N5OS2/c1-9-11(21-13(17-9)10-3-2-4-20-10)5-15-12(19)6-18-8-14-7-16-18/h2-4,7-8H,5-6H2,1H3,(H,15,19). The van der Waals surface area contributed by atoms with Crippen LogP contribution in [0.2, 0.25) is 0 Å². The van der Waals surface area contributed by atoms with Gasteiger partial charge < -0.3 is 5.32 Å². The molecule has 0 radical (unpaired) electrons. The molecule has 21 heavy (non-hydrogen) atoms. The lowest BCUT2D eigenvalue weighted by atomic mass is 10.4. The molecule has 1 amide bonds. The van der Waals surface area contributed by atoms with Gasteiger partial charge in [-0.1, -0.05) is 6.07 Å². The molecule has 6 nitrogen and oxygen atoms in total. The van der Waals surface area contributed by atoms with E-state index in [2.05, 4.69) is 26.4 Å². The average molecular weight is 319 g/mol. The van der Waals surface area contributed by atoms with Crippen LogP contribution in [0, 0.1) is 6.92 Å². The van der Waals surface area contributed by atoms with Crippen LogP contribution in [0.5, 0.6) is 0 Å². The molecule has 0 spiro atoms. The van der Waals surface area contributed by atoms with Crippen molar-refractivity contribution in [2.24, 2.45) is 0 Å². The summed E-state index contributed by atoms with van der Waals surface area (Å²) in [5.74, 6) is -0.0917. The van der Waals surface area contributed by atoms with Crippen LogP contribution in [-0.2, 0) is 17.9 Å². The summed E-state index contributed by atoms with van der Waals surface area (Å²) in [5.41, 5.74) is 0.962. The van der Waals surface area contributed by atoms with Crippen molar-refractivity contribution in [3.8, 4) is 9.88 Å². The lowest BCUT2D eigenvalue weighted by molar-refractivity contribution is -0.122. The number of thiophene rings is 1.